The van der Waals surface area contributed by atoms with Crippen LogP contribution in [0.3, 0.4) is 0 Å². The van der Waals surface area contributed by atoms with Crippen molar-refractivity contribution in [1.29, 1.82) is 5.26 Å². The van der Waals surface area contributed by atoms with Gasteiger partial charge in [0.1, 0.15) is 6.07 Å². The van der Waals surface area contributed by atoms with E-state index in [1.165, 1.54) is 18.5 Å². The van der Waals surface area contributed by atoms with Crippen molar-refractivity contribution in [2.24, 2.45) is 0 Å². The van der Waals surface area contributed by atoms with E-state index in [9.17, 15) is 9.59 Å². The zero-order valence-electron chi connectivity index (χ0n) is 15.7. The molecule has 7 heteroatoms. The largest absolute Gasteiger partial charge is 0.321 e. The maximum absolute atomic E-state index is 12.7. The molecule has 0 radical (unpaired) electrons. The average Bonchev–Trinajstić information content (AvgIpc) is 2.79. The molecule has 0 atom stereocenters. The van der Waals surface area contributed by atoms with Crippen molar-refractivity contribution in [3.8, 4) is 6.07 Å². The summed E-state index contributed by atoms with van der Waals surface area (Å²) in [6.07, 6.45) is 4.40. The third kappa shape index (κ3) is 3.84. The number of nitriles is 1. The standard InChI is InChI=1S/C23H15N5O2/c24-12-16-5-1-2-8-19(16)27-22(29)17-11-18(14-25-13-17)23(30)28-20-9-3-6-15-7-4-10-26-21(15)20/h1-11,13-14H,(H,27,29)(H,28,30). The molecular weight excluding hydrogens is 378 g/mol. The summed E-state index contributed by atoms with van der Waals surface area (Å²) < 4.78 is 0. The normalized spacial score (nSPS) is 10.2. The van der Waals surface area contributed by atoms with Crippen LogP contribution < -0.4 is 10.6 Å². The molecule has 30 heavy (non-hydrogen) atoms. The van der Waals surface area contributed by atoms with Crippen LogP contribution in [0.25, 0.3) is 10.9 Å². The Labute approximate surface area is 172 Å². The first-order valence-corrected chi connectivity index (χ1v) is 9.06. The third-order valence-corrected chi connectivity index (χ3v) is 4.44. The molecule has 0 spiro atoms. The van der Waals surface area contributed by atoms with Crippen molar-refractivity contribution in [3.05, 3.63) is 95.9 Å². The molecule has 4 rings (SSSR count). The number of nitrogens with one attached hydrogen (secondary N) is 2. The fourth-order valence-corrected chi connectivity index (χ4v) is 2.97. The highest BCUT2D eigenvalue weighted by atomic mass is 16.2. The lowest BCUT2D eigenvalue weighted by molar-refractivity contribution is 0.102. The minimum Gasteiger partial charge on any atom is -0.321 e. The maximum atomic E-state index is 12.7. The Kier molecular flexibility index (Phi) is 5.14. The van der Waals surface area contributed by atoms with Gasteiger partial charge in [0.15, 0.2) is 0 Å². The first-order chi connectivity index (χ1) is 14.7. The second-order valence-electron chi connectivity index (χ2n) is 6.41. The van der Waals surface area contributed by atoms with Gasteiger partial charge in [0, 0.05) is 24.0 Å². The molecule has 2 aromatic heterocycles. The summed E-state index contributed by atoms with van der Waals surface area (Å²) in [6, 6.07) is 19.4. The number of hydrogen-bond donors (Lipinski definition) is 2. The van der Waals surface area contributed by atoms with E-state index in [2.05, 4.69) is 20.6 Å². The Morgan fingerprint density at radius 3 is 2.27 bits per heavy atom. The van der Waals surface area contributed by atoms with Gasteiger partial charge in [-0.05, 0) is 30.3 Å². The lowest BCUT2D eigenvalue weighted by atomic mass is 10.1. The van der Waals surface area contributed by atoms with E-state index >= 15 is 0 Å². The molecule has 4 aromatic rings. The number of nitrogens with zero attached hydrogens (tertiary/aromatic N) is 3. The number of amides is 2. The van der Waals surface area contributed by atoms with Gasteiger partial charge >= 0.3 is 0 Å². The zero-order valence-corrected chi connectivity index (χ0v) is 15.7. The predicted molar refractivity (Wildman–Crippen MR) is 113 cm³/mol. The Bertz CT molecular complexity index is 1300. The van der Waals surface area contributed by atoms with Crippen LogP contribution in [0.5, 0.6) is 0 Å². The number of anilines is 2. The lowest BCUT2D eigenvalue weighted by Crippen LogP contribution is -2.16. The molecule has 2 N–H and O–H groups in total. The van der Waals surface area contributed by atoms with Crippen molar-refractivity contribution >= 4 is 34.1 Å². The smallest absolute Gasteiger partial charge is 0.257 e. The highest BCUT2D eigenvalue weighted by molar-refractivity contribution is 6.10. The molecule has 2 amide bonds. The number of para-hydroxylation sites is 2. The molecule has 0 aliphatic rings. The van der Waals surface area contributed by atoms with Gasteiger partial charge in [-0.15, -0.1) is 0 Å². The van der Waals surface area contributed by atoms with E-state index < -0.39 is 11.8 Å². The number of pyridine rings is 2. The molecular formula is C23H15N5O2. The van der Waals surface area contributed by atoms with Crippen molar-refractivity contribution < 1.29 is 9.59 Å². The monoisotopic (exact) mass is 393 g/mol. The molecule has 0 unspecified atom stereocenters. The number of rotatable bonds is 4. The second kappa shape index (κ2) is 8.20. The van der Waals surface area contributed by atoms with E-state index in [4.69, 9.17) is 5.26 Å². The van der Waals surface area contributed by atoms with Crippen molar-refractivity contribution in [2.75, 3.05) is 10.6 Å². The number of fused-ring (bicyclic) bond motifs is 1. The Morgan fingerprint density at radius 2 is 1.50 bits per heavy atom. The van der Waals surface area contributed by atoms with Gasteiger partial charge in [-0.3, -0.25) is 19.6 Å². The summed E-state index contributed by atoms with van der Waals surface area (Å²) in [7, 11) is 0. The van der Waals surface area contributed by atoms with Crippen LogP contribution in [0.1, 0.15) is 26.3 Å². The van der Waals surface area contributed by atoms with Gasteiger partial charge < -0.3 is 10.6 Å². The quantitative estimate of drug-likeness (QED) is 0.545. The van der Waals surface area contributed by atoms with Gasteiger partial charge in [0.05, 0.1) is 33.6 Å². The van der Waals surface area contributed by atoms with Crippen molar-refractivity contribution in [1.82, 2.24) is 9.97 Å². The average molecular weight is 393 g/mol. The number of carbonyl (C=O) groups is 2. The molecule has 0 aliphatic carbocycles. The van der Waals surface area contributed by atoms with E-state index in [1.54, 1.807) is 36.5 Å². The van der Waals surface area contributed by atoms with Crippen LogP contribution >= 0.6 is 0 Å². The summed E-state index contributed by atoms with van der Waals surface area (Å²) in [5.41, 5.74) is 2.40. The van der Waals surface area contributed by atoms with Crippen LogP contribution in [-0.4, -0.2) is 21.8 Å². The fraction of sp³-hybridized carbons (Fsp3) is 0. The van der Waals surface area contributed by atoms with E-state index in [0.717, 1.165) is 5.39 Å². The summed E-state index contributed by atoms with van der Waals surface area (Å²) >= 11 is 0. The number of hydrogen-bond acceptors (Lipinski definition) is 5. The Balaban J connectivity index is 1.56. The molecule has 0 fully saturated rings. The fourth-order valence-electron chi connectivity index (χ4n) is 2.97. The van der Waals surface area contributed by atoms with Gasteiger partial charge in [-0.25, -0.2) is 0 Å². The minimum absolute atomic E-state index is 0.200. The molecule has 2 aromatic carbocycles. The Morgan fingerprint density at radius 1 is 0.833 bits per heavy atom. The molecule has 0 aliphatic heterocycles. The van der Waals surface area contributed by atoms with E-state index in [1.807, 2.05) is 30.3 Å². The van der Waals surface area contributed by atoms with Crippen molar-refractivity contribution in [3.63, 3.8) is 0 Å². The van der Waals surface area contributed by atoms with Gasteiger partial charge in [0.25, 0.3) is 11.8 Å². The number of carbonyl (C=O) groups excluding carboxylic acids is 2. The topological polar surface area (TPSA) is 108 Å². The van der Waals surface area contributed by atoms with Crippen LogP contribution in [0.4, 0.5) is 11.4 Å². The first kappa shape index (κ1) is 18.8. The van der Waals surface area contributed by atoms with Crippen LogP contribution in [0, 0.1) is 11.3 Å². The molecule has 0 bridgehead atoms. The maximum Gasteiger partial charge on any atom is 0.257 e. The van der Waals surface area contributed by atoms with Gasteiger partial charge in [-0.1, -0.05) is 30.3 Å². The summed E-state index contributed by atoms with van der Waals surface area (Å²) in [5, 5.41) is 15.6. The highest BCUT2D eigenvalue weighted by Gasteiger charge is 2.14. The van der Waals surface area contributed by atoms with Crippen LogP contribution in [0.2, 0.25) is 0 Å². The van der Waals surface area contributed by atoms with Crippen LogP contribution in [0.15, 0.2) is 79.3 Å². The van der Waals surface area contributed by atoms with Gasteiger partial charge in [0.2, 0.25) is 0 Å². The van der Waals surface area contributed by atoms with E-state index in [-0.39, 0.29) is 11.1 Å². The number of aromatic nitrogens is 2. The molecule has 144 valence electrons. The lowest BCUT2D eigenvalue weighted by Gasteiger charge is -2.09. The van der Waals surface area contributed by atoms with E-state index in [0.29, 0.717) is 22.5 Å². The predicted octanol–water partition coefficient (Wildman–Crippen LogP) is 4.01. The van der Waals surface area contributed by atoms with Gasteiger partial charge in [-0.2, -0.15) is 5.26 Å². The van der Waals surface area contributed by atoms with Crippen LogP contribution in [-0.2, 0) is 0 Å². The number of benzene rings is 2. The molecule has 0 saturated heterocycles. The molecule has 2 heterocycles. The Hall–Kier alpha value is -4.57. The molecule has 7 nitrogen and oxygen atoms in total. The third-order valence-electron chi connectivity index (χ3n) is 4.44. The van der Waals surface area contributed by atoms with Crippen molar-refractivity contribution in [2.45, 2.75) is 0 Å². The zero-order chi connectivity index (χ0) is 20.9. The summed E-state index contributed by atoms with van der Waals surface area (Å²) in [6.45, 7) is 0. The first-order valence-electron chi connectivity index (χ1n) is 9.06. The summed E-state index contributed by atoms with van der Waals surface area (Å²) in [4.78, 5) is 33.7. The second-order valence-corrected chi connectivity index (χ2v) is 6.41. The molecule has 0 saturated carbocycles. The SMILES string of the molecule is N#Cc1ccccc1NC(=O)c1cncc(C(=O)Nc2cccc3cccnc23)c1. The summed E-state index contributed by atoms with van der Waals surface area (Å²) in [5.74, 6) is -0.876. The minimum atomic E-state index is -0.466. The highest BCUT2D eigenvalue weighted by Crippen LogP contribution is 2.21.